The molecule has 11 heteroatoms. The van der Waals surface area contributed by atoms with E-state index >= 15 is 0 Å². The van der Waals surface area contributed by atoms with Crippen LogP contribution in [0.3, 0.4) is 0 Å². The lowest BCUT2D eigenvalue weighted by molar-refractivity contribution is -0.136. The summed E-state index contributed by atoms with van der Waals surface area (Å²) in [6.07, 6.45) is 1.67. The number of pyridine rings is 1. The molecule has 1 aliphatic carbocycles. The minimum atomic E-state index is -4.71. The summed E-state index contributed by atoms with van der Waals surface area (Å²) >= 11 is 6.35. The topological polar surface area (TPSA) is 79.8 Å². The van der Waals surface area contributed by atoms with Crippen LogP contribution in [0.5, 0.6) is 0 Å². The number of carbonyl (C=O) groups is 2. The third-order valence-electron chi connectivity index (χ3n) is 5.79. The molecule has 32 heavy (non-hydrogen) atoms. The molecule has 1 unspecified atom stereocenters. The van der Waals surface area contributed by atoms with Crippen LogP contribution in [0, 0.1) is 5.92 Å². The SMILES string of the molecule is O=C(NC1CCN(C(=O)c2nc3c(C(F)(F)F)cc(-c4ccoc4)cn3c2Cl)C1)C1CC1. The van der Waals surface area contributed by atoms with Gasteiger partial charge >= 0.3 is 6.18 Å². The van der Waals surface area contributed by atoms with Crippen LogP contribution >= 0.6 is 11.6 Å². The van der Waals surface area contributed by atoms with E-state index in [1.54, 1.807) is 0 Å². The highest BCUT2D eigenvalue weighted by molar-refractivity contribution is 6.33. The van der Waals surface area contributed by atoms with E-state index in [0.29, 0.717) is 18.5 Å². The first-order valence-corrected chi connectivity index (χ1v) is 10.5. The number of fused-ring (bicyclic) bond motifs is 1. The van der Waals surface area contributed by atoms with Crippen molar-refractivity contribution in [2.75, 3.05) is 13.1 Å². The zero-order valence-electron chi connectivity index (χ0n) is 16.7. The number of furan rings is 1. The maximum absolute atomic E-state index is 13.8. The molecule has 168 valence electrons. The number of imidazole rings is 1. The molecule has 3 aromatic rings. The van der Waals surface area contributed by atoms with Crippen LogP contribution in [0.25, 0.3) is 16.8 Å². The molecule has 0 bridgehead atoms. The van der Waals surface area contributed by atoms with Crippen molar-refractivity contribution in [1.82, 2.24) is 19.6 Å². The second-order valence-corrected chi connectivity index (χ2v) is 8.47. The van der Waals surface area contributed by atoms with Gasteiger partial charge in [-0.15, -0.1) is 0 Å². The molecule has 0 spiro atoms. The first-order chi connectivity index (χ1) is 15.2. The minimum absolute atomic E-state index is 0.0170. The quantitative estimate of drug-likeness (QED) is 0.630. The number of amides is 2. The lowest BCUT2D eigenvalue weighted by Gasteiger charge is -2.16. The van der Waals surface area contributed by atoms with Gasteiger partial charge in [0.25, 0.3) is 5.91 Å². The lowest BCUT2D eigenvalue weighted by Crippen LogP contribution is -2.39. The smallest absolute Gasteiger partial charge is 0.420 e. The van der Waals surface area contributed by atoms with Gasteiger partial charge < -0.3 is 14.6 Å². The molecular formula is C21H18ClF3N4O3. The number of nitrogens with zero attached hydrogens (tertiary/aromatic N) is 3. The Hall–Kier alpha value is -3.01. The summed E-state index contributed by atoms with van der Waals surface area (Å²) in [5, 5.41) is 2.72. The largest absolute Gasteiger partial charge is 0.472 e. The molecule has 1 atom stereocenters. The zero-order valence-corrected chi connectivity index (χ0v) is 17.4. The Kier molecular flexibility index (Phi) is 4.92. The van der Waals surface area contributed by atoms with E-state index in [9.17, 15) is 22.8 Å². The fourth-order valence-corrected chi connectivity index (χ4v) is 4.18. The van der Waals surface area contributed by atoms with Crippen LogP contribution in [0.2, 0.25) is 5.15 Å². The highest BCUT2D eigenvalue weighted by atomic mass is 35.5. The number of carbonyl (C=O) groups excluding carboxylic acids is 2. The summed E-state index contributed by atoms with van der Waals surface area (Å²) in [6, 6.07) is 2.29. The van der Waals surface area contributed by atoms with Gasteiger partial charge in [-0.05, 0) is 31.4 Å². The maximum atomic E-state index is 13.8. The Labute approximate surface area is 185 Å². The Morgan fingerprint density at radius 1 is 1.22 bits per heavy atom. The van der Waals surface area contributed by atoms with Gasteiger partial charge in [-0.25, -0.2) is 4.98 Å². The van der Waals surface area contributed by atoms with Crippen molar-refractivity contribution in [2.45, 2.75) is 31.5 Å². The number of nitrogens with one attached hydrogen (secondary N) is 1. The zero-order chi connectivity index (χ0) is 22.6. The van der Waals surface area contributed by atoms with E-state index in [0.717, 1.165) is 23.3 Å². The van der Waals surface area contributed by atoms with Gasteiger partial charge in [0.05, 0.1) is 18.1 Å². The predicted molar refractivity (Wildman–Crippen MR) is 108 cm³/mol. The van der Waals surface area contributed by atoms with E-state index < -0.39 is 23.3 Å². The second kappa shape index (κ2) is 7.54. The summed E-state index contributed by atoms with van der Waals surface area (Å²) in [5.74, 6) is -0.533. The number of likely N-dealkylation sites (tertiary alicyclic amines) is 1. The van der Waals surface area contributed by atoms with Crippen LogP contribution in [-0.4, -0.2) is 45.2 Å². The molecule has 3 aromatic heterocycles. The molecule has 2 fully saturated rings. The molecule has 2 amide bonds. The van der Waals surface area contributed by atoms with Gasteiger partial charge in [0, 0.05) is 42.4 Å². The van der Waals surface area contributed by atoms with E-state index in [-0.39, 0.29) is 40.8 Å². The van der Waals surface area contributed by atoms with E-state index in [2.05, 4.69) is 10.3 Å². The highest BCUT2D eigenvalue weighted by Crippen LogP contribution is 2.37. The van der Waals surface area contributed by atoms with Gasteiger partial charge in [-0.1, -0.05) is 11.6 Å². The Morgan fingerprint density at radius 3 is 2.66 bits per heavy atom. The molecule has 0 radical (unpaired) electrons. The van der Waals surface area contributed by atoms with Crippen molar-refractivity contribution in [3.05, 3.63) is 47.3 Å². The molecular weight excluding hydrogens is 449 g/mol. The van der Waals surface area contributed by atoms with Crippen molar-refractivity contribution >= 4 is 29.1 Å². The van der Waals surface area contributed by atoms with Gasteiger partial charge in [-0.3, -0.25) is 14.0 Å². The molecule has 0 aromatic carbocycles. The van der Waals surface area contributed by atoms with E-state index in [1.807, 2.05) is 0 Å². The van der Waals surface area contributed by atoms with Crippen molar-refractivity contribution in [2.24, 2.45) is 5.92 Å². The average Bonchev–Trinajstić information content (AvgIpc) is 3.12. The second-order valence-electron chi connectivity index (χ2n) is 8.12. The number of rotatable bonds is 4. The Balaban J connectivity index is 1.47. The number of halogens is 4. The molecule has 7 nitrogen and oxygen atoms in total. The lowest BCUT2D eigenvalue weighted by atomic mass is 10.1. The molecule has 2 aliphatic rings. The standard InChI is InChI=1S/C21H18ClF3N4O3/c22-17-16(20(31)28-5-3-14(9-28)26-19(30)11-1-2-11)27-18-15(21(23,24)25)7-13(8-29(17)18)12-4-6-32-10-12/h4,6-8,10-11,14H,1-3,5,9H2,(H,26,30). The van der Waals surface area contributed by atoms with E-state index in [1.165, 1.54) is 29.7 Å². The molecule has 5 rings (SSSR count). The Bertz CT molecular complexity index is 1200. The van der Waals surface area contributed by atoms with Crippen LogP contribution in [0.4, 0.5) is 13.2 Å². The first-order valence-electron chi connectivity index (χ1n) is 10.1. The Morgan fingerprint density at radius 2 is 2.00 bits per heavy atom. The fraction of sp³-hybridized carbons (Fsp3) is 0.381. The number of hydrogen-bond donors (Lipinski definition) is 1. The highest BCUT2D eigenvalue weighted by Gasteiger charge is 2.38. The summed E-state index contributed by atoms with van der Waals surface area (Å²) in [7, 11) is 0. The minimum Gasteiger partial charge on any atom is -0.472 e. The number of aromatic nitrogens is 2. The summed E-state index contributed by atoms with van der Waals surface area (Å²) in [6.45, 7) is 0.610. The molecule has 1 saturated carbocycles. The molecule has 1 N–H and O–H groups in total. The van der Waals surface area contributed by atoms with Gasteiger partial charge in [-0.2, -0.15) is 13.2 Å². The van der Waals surface area contributed by atoms with Crippen LogP contribution < -0.4 is 5.32 Å². The van der Waals surface area contributed by atoms with Crippen LogP contribution in [0.1, 0.15) is 35.3 Å². The summed E-state index contributed by atoms with van der Waals surface area (Å²) < 4.78 is 47.4. The van der Waals surface area contributed by atoms with Crippen molar-refractivity contribution in [3.63, 3.8) is 0 Å². The third kappa shape index (κ3) is 3.72. The van der Waals surface area contributed by atoms with Crippen molar-refractivity contribution < 1.29 is 27.2 Å². The summed E-state index contributed by atoms with van der Waals surface area (Å²) in [5.41, 5.74) is -1.05. The van der Waals surface area contributed by atoms with Crippen LogP contribution in [0.15, 0.2) is 35.3 Å². The molecule has 1 saturated heterocycles. The summed E-state index contributed by atoms with van der Waals surface area (Å²) in [4.78, 5) is 30.5. The normalized spacial score (nSPS) is 19.0. The maximum Gasteiger partial charge on any atom is 0.420 e. The predicted octanol–water partition coefficient (Wildman–Crippen LogP) is 4.01. The van der Waals surface area contributed by atoms with Crippen molar-refractivity contribution in [1.29, 1.82) is 0 Å². The van der Waals surface area contributed by atoms with E-state index in [4.69, 9.17) is 16.0 Å². The number of hydrogen-bond acceptors (Lipinski definition) is 4. The fourth-order valence-electron chi connectivity index (χ4n) is 3.93. The average molecular weight is 467 g/mol. The van der Waals surface area contributed by atoms with Gasteiger partial charge in [0.2, 0.25) is 5.91 Å². The van der Waals surface area contributed by atoms with Crippen molar-refractivity contribution in [3.8, 4) is 11.1 Å². The first kappa shape index (κ1) is 20.9. The third-order valence-corrected chi connectivity index (χ3v) is 6.16. The molecule has 4 heterocycles. The van der Waals surface area contributed by atoms with Gasteiger partial charge in [0.1, 0.15) is 5.15 Å². The number of alkyl halides is 3. The van der Waals surface area contributed by atoms with Gasteiger partial charge in [0.15, 0.2) is 11.3 Å². The van der Waals surface area contributed by atoms with Crippen LogP contribution in [-0.2, 0) is 11.0 Å². The monoisotopic (exact) mass is 466 g/mol. The molecule has 1 aliphatic heterocycles.